The zero-order valence-corrected chi connectivity index (χ0v) is 13.9. The van der Waals surface area contributed by atoms with Gasteiger partial charge < -0.3 is 14.8 Å². The minimum Gasteiger partial charge on any atom is -0.449 e. The molecule has 1 aliphatic heterocycles. The second-order valence-electron chi connectivity index (χ2n) is 6.43. The molecule has 25 heavy (non-hydrogen) atoms. The number of hydrogen-bond acceptors (Lipinski definition) is 4. The normalized spacial score (nSPS) is 21.7. The maximum absolute atomic E-state index is 12.1. The first-order chi connectivity index (χ1) is 12.1. The van der Waals surface area contributed by atoms with Crippen molar-refractivity contribution in [3.8, 4) is 11.1 Å². The summed E-state index contributed by atoms with van der Waals surface area (Å²) < 4.78 is 10.7. The molecule has 1 N–H and O–H groups in total. The molecule has 5 heteroatoms. The topological polar surface area (TPSA) is 64.6 Å². The summed E-state index contributed by atoms with van der Waals surface area (Å²) in [7, 11) is 0. The maximum atomic E-state index is 12.1. The molecule has 128 valence electrons. The van der Waals surface area contributed by atoms with E-state index in [2.05, 4.69) is 29.6 Å². The molecular weight excluding hydrogens is 318 g/mol. The Morgan fingerprint density at radius 1 is 1.12 bits per heavy atom. The second-order valence-corrected chi connectivity index (χ2v) is 6.43. The molecule has 1 amide bonds. The molecule has 2 aliphatic rings. The van der Waals surface area contributed by atoms with Crippen LogP contribution in [0.2, 0.25) is 0 Å². The van der Waals surface area contributed by atoms with Crippen molar-refractivity contribution in [2.45, 2.75) is 25.0 Å². The Kier molecular flexibility index (Phi) is 4.01. The fourth-order valence-corrected chi connectivity index (χ4v) is 3.63. The fourth-order valence-electron chi connectivity index (χ4n) is 3.63. The summed E-state index contributed by atoms with van der Waals surface area (Å²) in [5, 5.41) is 2.61. The Bertz CT molecular complexity index is 786. The number of carbonyl (C=O) groups excluding carboxylic acids is 2. The van der Waals surface area contributed by atoms with Gasteiger partial charge in [0.2, 0.25) is 0 Å². The second kappa shape index (κ2) is 6.33. The van der Waals surface area contributed by atoms with E-state index in [9.17, 15) is 9.59 Å². The van der Waals surface area contributed by atoms with Gasteiger partial charge in [-0.05, 0) is 29.2 Å². The van der Waals surface area contributed by atoms with Crippen LogP contribution in [0.15, 0.2) is 48.5 Å². The number of fused-ring (bicyclic) bond motifs is 3. The van der Waals surface area contributed by atoms with Crippen LogP contribution in [0, 0.1) is 0 Å². The SMILES string of the molecule is C[C@H]1OCC(=O)[C@@H]1NC(=O)OCC1c2ccccc2-c2ccccc21. The minimum absolute atomic E-state index is 0.00565. The molecule has 1 saturated heterocycles. The Balaban J connectivity index is 1.48. The van der Waals surface area contributed by atoms with Gasteiger partial charge in [0, 0.05) is 5.92 Å². The molecule has 0 saturated carbocycles. The summed E-state index contributed by atoms with van der Waals surface area (Å²) in [5.74, 6) is -0.118. The predicted octanol–water partition coefficient (Wildman–Crippen LogP) is 2.88. The van der Waals surface area contributed by atoms with E-state index in [1.165, 1.54) is 11.1 Å². The highest BCUT2D eigenvalue weighted by Gasteiger charge is 2.35. The van der Waals surface area contributed by atoms with E-state index in [0.29, 0.717) is 0 Å². The molecule has 1 heterocycles. The van der Waals surface area contributed by atoms with Gasteiger partial charge in [-0.3, -0.25) is 4.79 Å². The standard InChI is InChI=1S/C20H19NO4/c1-12-19(18(22)11-24-12)21-20(23)25-10-17-15-8-4-2-6-13(15)14-7-3-5-9-16(14)17/h2-9,12,17,19H,10-11H2,1H3,(H,21,23)/t12-,19-/m1/s1. The van der Waals surface area contributed by atoms with Crippen LogP contribution in [0.4, 0.5) is 4.79 Å². The third kappa shape index (κ3) is 2.81. The summed E-state index contributed by atoms with van der Waals surface area (Å²) in [4.78, 5) is 23.8. The Morgan fingerprint density at radius 2 is 1.72 bits per heavy atom. The molecule has 0 bridgehead atoms. The largest absolute Gasteiger partial charge is 0.449 e. The van der Waals surface area contributed by atoms with Crippen LogP contribution in [-0.2, 0) is 14.3 Å². The number of amides is 1. The number of rotatable bonds is 3. The van der Waals surface area contributed by atoms with Gasteiger partial charge >= 0.3 is 6.09 Å². The highest BCUT2D eigenvalue weighted by atomic mass is 16.6. The fraction of sp³-hybridized carbons (Fsp3) is 0.300. The molecule has 0 spiro atoms. The summed E-state index contributed by atoms with van der Waals surface area (Å²) >= 11 is 0. The summed E-state index contributed by atoms with van der Waals surface area (Å²) in [5.41, 5.74) is 4.68. The van der Waals surface area contributed by atoms with Gasteiger partial charge in [-0.2, -0.15) is 0 Å². The van der Waals surface area contributed by atoms with Crippen molar-refractivity contribution in [1.29, 1.82) is 0 Å². The molecule has 0 aromatic heterocycles. The molecule has 2 aromatic carbocycles. The Hall–Kier alpha value is -2.66. The van der Waals surface area contributed by atoms with Crippen molar-refractivity contribution in [2.24, 2.45) is 0 Å². The first kappa shape index (κ1) is 15.8. The van der Waals surface area contributed by atoms with Gasteiger partial charge in [0.25, 0.3) is 0 Å². The first-order valence-electron chi connectivity index (χ1n) is 8.41. The molecule has 2 atom stereocenters. The molecule has 5 nitrogen and oxygen atoms in total. The highest BCUT2D eigenvalue weighted by Crippen LogP contribution is 2.44. The van der Waals surface area contributed by atoms with E-state index in [0.717, 1.165) is 11.1 Å². The minimum atomic E-state index is -0.629. The van der Waals surface area contributed by atoms with Crippen LogP contribution in [0.5, 0.6) is 0 Å². The number of hydrogen-bond donors (Lipinski definition) is 1. The molecule has 1 fully saturated rings. The van der Waals surface area contributed by atoms with Crippen molar-refractivity contribution >= 4 is 11.9 Å². The van der Waals surface area contributed by atoms with Crippen LogP contribution >= 0.6 is 0 Å². The van der Waals surface area contributed by atoms with E-state index in [4.69, 9.17) is 9.47 Å². The third-order valence-electron chi connectivity index (χ3n) is 4.92. The van der Waals surface area contributed by atoms with E-state index in [1.54, 1.807) is 6.92 Å². The zero-order chi connectivity index (χ0) is 17.4. The van der Waals surface area contributed by atoms with Gasteiger partial charge in [0.15, 0.2) is 5.78 Å². The van der Waals surface area contributed by atoms with Gasteiger partial charge in [-0.1, -0.05) is 48.5 Å². The molecule has 4 rings (SSSR count). The lowest BCUT2D eigenvalue weighted by molar-refractivity contribution is -0.119. The van der Waals surface area contributed by atoms with E-state index in [-0.39, 0.29) is 31.0 Å². The molecule has 0 unspecified atom stereocenters. The average Bonchev–Trinajstić information content (AvgIpc) is 3.12. The van der Waals surface area contributed by atoms with Gasteiger partial charge in [0.05, 0.1) is 6.10 Å². The predicted molar refractivity (Wildman–Crippen MR) is 92.4 cm³/mol. The van der Waals surface area contributed by atoms with Crippen LogP contribution in [0.1, 0.15) is 24.0 Å². The number of carbonyl (C=O) groups is 2. The number of ether oxygens (including phenoxy) is 2. The van der Waals surface area contributed by atoms with Crippen LogP contribution in [0.25, 0.3) is 11.1 Å². The van der Waals surface area contributed by atoms with Crippen LogP contribution in [-0.4, -0.2) is 37.2 Å². The smallest absolute Gasteiger partial charge is 0.407 e. The summed E-state index contributed by atoms with van der Waals surface area (Å²) in [6, 6.07) is 15.7. The van der Waals surface area contributed by atoms with Crippen LogP contribution < -0.4 is 5.32 Å². The van der Waals surface area contributed by atoms with E-state index in [1.807, 2.05) is 24.3 Å². The van der Waals surface area contributed by atoms with Gasteiger partial charge in [-0.15, -0.1) is 0 Å². The van der Waals surface area contributed by atoms with Crippen molar-refractivity contribution < 1.29 is 19.1 Å². The lowest BCUT2D eigenvalue weighted by atomic mass is 9.98. The number of ketones is 1. The van der Waals surface area contributed by atoms with Crippen molar-refractivity contribution in [1.82, 2.24) is 5.32 Å². The Morgan fingerprint density at radius 3 is 2.28 bits per heavy atom. The third-order valence-corrected chi connectivity index (χ3v) is 4.92. The maximum Gasteiger partial charge on any atom is 0.407 e. The van der Waals surface area contributed by atoms with Crippen molar-refractivity contribution in [3.05, 3.63) is 59.7 Å². The summed E-state index contributed by atoms with van der Waals surface area (Å²) in [6.07, 6.45) is -0.912. The monoisotopic (exact) mass is 337 g/mol. The summed E-state index contributed by atoms with van der Waals surface area (Å²) in [6.45, 7) is 2.03. The molecular formula is C20H19NO4. The lowest BCUT2D eigenvalue weighted by Crippen LogP contribution is -2.44. The highest BCUT2D eigenvalue weighted by molar-refractivity contribution is 5.90. The average molecular weight is 337 g/mol. The number of benzene rings is 2. The van der Waals surface area contributed by atoms with E-state index < -0.39 is 12.1 Å². The van der Waals surface area contributed by atoms with E-state index >= 15 is 0 Å². The number of alkyl carbamates (subject to hydrolysis) is 1. The molecule has 2 aromatic rings. The van der Waals surface area contributed by atoms with Gasteiger partial charge in [0.1, 0.15) is 19.3 Å². The number of Topliss-reactive ketones (excluding diaryl/α,β-unsaturated/α-hetero) is 1. The first-order valence-corrected chi connectivity index (χ1v) is 8.41. The van der Waals surface area contributed by atoms with Gasteiger partial charge in [-0.25, -0.2) is 4.79 Å². The Labute approximate surface area is 145 Å². The molecule has 1 aliphatic carbocycles. The number of nitrogens with one attached hydrogen (secondary N) is 1. The zero-order valence-electron chi connectivity index (χ0n) is 13.9. The van der Waals surface area contributed by atoms with Crippen molar-refractivity contribution in [2.75, 3.05) is 13.2 Å². The quantitative estimate of drug-likeness (QED) is 0.935. The lowest BCUT2D eigenvalue weighted by Gasteiger charge is -2.17. The van der Waals surface area contributed by atoms with Crippen molar-refractivity contribution in [3.63, 3.8) is 0 Å². The van der Waals surface area contributed by atoms with Crippen LogP contribution in [0.3, 0.4) is 0 Å². The molecule has 0 radical (unpaired) electrons.